The summed E-state index contributed by atoms with van der Waals surface area (Å²) in [5.74, 6) is -1.10. The Morgan fingerprint density at radius 1 is 1.00 bits per heavy atom. The zero-order chi connectivity index (χ0) is 21.1. The maximum absolute atomic E-state index is 13.4. The molecule has 0 aliphatic rings. The first-order chi connectivity index (χ1) is 13.0. The smallest absolute Gasteiger partial charge is 0.279 e. The zero-order valence-electron chi connectivity index (χ0n) is 15.0. The summed E-state index contributed by atoms with van der Waals surface area (Å²) >= 11 is 0. The number of nitro groups is 1. The van der Waals surface area contributed by atoms with Crippen molar-refractivity contribution >= 4 is 31.4 Å². The van der Waals surface area contributed by atoms with Gasteiger partial charge in [0.25, 0.3) is 10.0 Å². The molecule has 2 aromatic carbocycles. The lowest BCUT2D eigenvalue weighted by atomic mass is 10.3. The van der Waals surface area contributed by atoms with E-state index in [1.165, 1.54) is 4.31 Å². The highest BCUT2D eigenvalue weighted by Crippen LogP contribution is 2.25. The molecule has 0 aliphatic carbocycles. The molecule has 0 heterocycles. The Bertz CT molecular complexity index is 1080. The summed E-state index contributed by atoms with van der Waals surface area (Å²) in [6.45, 7) is 3.91. The minimum atomic E-state index is -4.17. The van der Waals surface area contributed by atoms with Crippen LogP contribution in [0.5, 0.6) is 0 Å². The average molecular weight is 431 g/mol. The van der Waals surface area contributed by atoms with Crippen molar-refractivity contribution in [1.82, 2.24) is 4.31 Å². The van der Waals surface area contributed by atoms with Gasteiger partial charge in [0.2, 0.25) is 15.8 Å². The van der Waals surface area contributed by atoms with Crippen LogP contribution in [0.25, 0.3) is 0 Å². The van der Waals surface area contributed by atoms with Crippen molar-refractivity contribution in [3.8, 4) is 0 Å². The zero-order valence-corrected chi connectivity index (χ0v) is 16.6. The molecule has 9 nitrogen and oxygen atoms in total. The summed E-state index contributed by atoms with van der Waals surface area (Å²) in [6.07, 6.45) is 0. The van der Waals surface area contributed by atoms with Crippen LogP contribution in [0.4, 0.5) is 15.8 Å². The van der Waals surface area contributed by atoms with E-state index in [0.29, 0.717) is 0 Å². The van der Waals surface area contributed by atoms with E-state index in [-0.39, 0.29) is 28.6 Å². The summed E-state index contributed by atoms with van der Waals surface area (Å²) < 4.78 is 66.5. The Hall–Kier alpha value is -2.57. The molecule has 2 rings (SSSR count). The molecule has 0 atom stereocenters. The van der Waals surface area contributed by atoms with Crippen LogP contribution in [0.15, 0.2) is 52.3 Å². The van der Waals surface area contributed by atoms with Crippen molar-refractivity contribution in [2.24, 2.45) is 0 Å². The van der Waals surface area contributed by atoms with Crippen LogP contribution in [-0.4, -0.2) is 39.2 Å². The van der Waals surface area contributed by atoms with Crippen LogP contribution >= 0.6 is 0 Å². The molecule has 0 fully saturated rings. The van der Waals surface area contributed by atoms with E-state index in [1.54, 1.807) is 13.8 Å². The molecule has 0 aromatic heterocycles. The van der Waals surface area contributed by atoms with Gasteiger partial charge in [-0.2, -0.15) is 8.70 Å². The van der Waals surface area contributed by atoms with E-state index in [9.17, 15) is 31.3 Å². The number of hydrogen-bond acceptors (Lipinski definition) is 6. The van der Waals surface area contributed by atoms with Crippen molar-refractivity contribution in [2.45, 2.75) is 23.6 Å². The number of nitrogens with one attached hydrogen (secondary N) is 1. The number of hydrogen-bond donors (Lipinski definition) is 1. The number of benzene rings is 2. The molecule has 0 saturated carbocycles. The Morgan fingerprint density at radius 2 is 1.54 bits per heavy atom. The van der Waals surface area contributed by atoms with E-state index >= 15 is 0 Å². The highest BCUT2D eigenvalue weighted by Gasteiger charge is 2.23. The van der Waals surface area contributed by atoms with Gasteiger partial charge in [-0.15, -0.1) is 0 Å². The van der Waals surface area contributed by atoms with E-state index in [2.05, 4.69) is 4.72 Å². The predicted molar refractivity (Wildman–Crippen MR) is 100 cm³/mol. The summed E-state index contributed by atoms with van der Waals surface area (Å²) in [5, 5.41) is 10.8. The van der Waals surface area contributed by atoms with Crippen LogP contribution in [0.2, 0.25) is 0 Å². The maximum Gasteiger partial charge on any atom is 0.306 e. The highest BCUT2D eigenvalue weighted by atomic mass is 32.2. The topological polar surface area (TPSA) is 127 Å². The second-order valence-corrected chi connectivity index (χ2v) is 9.21. The van der Waals surface area contributed by atoms with Crippen LogP contribution in [0, 0.1) is 15.9 Å². The SMILES string of the molecule is CCN(CC)S(=O)(=O)c1ccc(S(=O)(=O)Nc2ccc(F)c([N+](=O)[O-])c2)cc1. The van der Waals surface area contributed by atoms with E-state index in [1.807, 2.05) is 0 Å². The first-order valence-electron chi connectivity index (χ1n) is 8.10. The van der Waals surface area contributed by atoms with Gasteiger partial charge >= 0.3 is 5.69 Å². The van der Waals surface area contributed by atoms with Crippen molar-refractivity contribution in [2.75, 3.05) is 17.8 Å². The third-order valence-electron chi connectivity index (χ3n) is 3.87. The fourth-order valence-corrected chi connectivity index (χ4v) is 4.94. The largest absolute Gasteiger partial charge is 0.306 e. The fourth-order valence-electron chi connectivity index (χ4n) is 2.43. The van der Waals surface area contributed by atoms with E-state index < -0.39 is 36.5 Å². The monoisotopic (exact) mass is 431 g/mol. The molecule has 2 aromatic rings. The molecule has 12 heteroatoms. The lowest BCUT2D eigenvalue weighted by molar-refractivity contribution is -0.387. The second-order valence-electron chi connectivity index (χ2n) is 5.59. The third-order valence-corrected chi connectivity index (χ3v) is 7.33. The van der Waals surface area contributed by atoms with E-state index in [0.717, 1.165) is 42.5 Å². The molecule has 28 heavy (non-hydrogen) atoms. The van der Waals surface area contributed by atoms with Crippen molar-refractivity contribution in [3.63, 3.8) is 0 Å². The van der Waals surface area contributed by atoms with Gasteiger partial charge in [-0.25, -0.2) is 16.8 Å². The van der Waals surface area contributed by atoms with Crippen LogP contribution in [0.3, 0.4) is 0 Å². The first-order valence-corrected chi connectivity index (χ1v) is 11.0. The molecule has 0 saturated heterocycles. The molecule has 0 bridgehead atoms. The minimum absolute atomic E-state index is 0.0624. The maximum atomic E-state index is 13.4. The van der Waals surface area contributed by atoms with Gasteiger partial charge in [-0.3, -0.25) is 14.8 Å². The van der Waals surface area contributed by atoms with Gasteiger partial charge in [0, 0.05) is 19.2 Å². The van der Waals surface area contributed by atoms with Crippen LogP contribution in [-0.2, 0) is 20.0 Å². The normalized spacial score (nSPS) is 12.1. The number of halogens is 1. The lowest BCUT2D eigenvalue weighted by Crippen LogP contribution is -2.30. The minimum Gasteiger partial charge on any atom is -0.279 e. The second kappa shape index (κ2) is 8.20. The summed E-state index contributed by atoms with van der Waals surface area (Å²) in [7, 11) is -7.91. The quantitative estimate of drug-likeness (QED) is 0.506. The standard InChI is InChI=1S/C16H18FN3O6S2/c1-3-19(4-2)28(25,26)14-8-6-13(7-9-14)27(23,24)18-12-5-10-15(17)16(11-12)20(21)22/h5-11,18H,3-4H2,1-2H3. The van der Waals surface area contributed by atoms with E-state index in [4.69, 9.17) is 0 Å². The van der Waals surface area contributed by atoms with Crippen molar-refractivity contribution in [1.29, 1.82) is 0 Å². The van der Waals surface area contributed by atoms with Gasteiger partial charge in [0.05, 0.1) is 20.4 Å². The molecule has 152 valence electrons. The number of nitrogens with zero attached hydrogens (tertiary/aromatic N) is 2. The molecular weight excluding hydrogens is 413 g/mol. The summed E-state index contributed by atoms with van der Waals surface area (Å²) in [4.78, 5) is 9.49. The predicted octanol–water partition coefficient (Wildman–Crippen LogP) is 2.57. The fraction of sp³-hybridized carbons (Fsp3) is 0.250. The van der Waals surface area contributed by atoms with Crippen molar-refractivity contribution < 1.29 is 26.1 Å². The molecule has 0 unspecified atom stereocenters. The lowest BCUT2D eigenvalue weighted by Gasteiger charge is -2.18. The van der Waals surface area contributed by atoms with Crippen LogP contribution < -0.4 is 4.72 Å². The molecule has 0 spiro atoms. The summed E-state index contributed by atoms with van der Waals surface area (Å²) in [5.41, 5.74) is -1.08. The third kappa shape index (κ3) is 4.46. The first kappa shape index (κ1) is 21.7. The van der Waals surface area contributed by atoms with Gasteiger partial charge in [0.15, 0.2) is 0 Å². The Morgan fingerprint density at radius 3 is 2.04 bits per heavy atom. The molecule has 0 aliphatic heterocycles. The summed E-state index contributed by atoms with van der Waals surface area (Å²) in [6, 6.07) is 7.11. The number of rotatable bonds is 8. The van der Waals surface area contributed by atoms with Crippen molar-refractivity contribution in [3.05, 3.63) is 58.4 Å². The number of nitro benzene ring substituents is 1. The molecule has 0 radical (unpaired) electrons. The average Bonchev–Trinajstić information content (AvgIpc) is 2.64. The molecular formula is C16H18FN3O6S2. The van der Waals surface area contributed by atoms with Gasteiger partial charge in [0.1, 0.15) is 0 Å². The Kier molecular flexibility index (Phi) is 6.37. The van der Waals surface area contributed by atoms with Gasteiger partial charge in [-0.05, 0) is 36.4 Å². The Balaban J connectivity index is 2.33. The van der Waals surface area contributed by atoms with Crippen LogP contribution in [0.1, 0.15) is 13.8 Å². The molecule has 1 N–H and O–H groups in total. The molecule has 0 amide bonds. The highest BCUT2D eigenvalue weighted by molar-refractivity contribution is 7.92. The Labute approximate surface area is 162 Å². The van der Waals surface area contributed by atoms with Gasteiger partial charge in [-0.1, -0.05) is 13.8 Å². The number of sulfonamides is 2. The number of anilines is 1. The van der Waals surface area contributed by atoms with Gasteiger partial charge < -0.3 is 0 Å².